The van der Waals surface area contributed by atoms with Gasteiger partial charge in [-0.05, 0) is 57.2 Å². The zero-order valence-electron chi connectivity index (χ0n) is 14.6. The molecule has 0 radical (unpaired) electrons. The Morgan fingerprint density at radius 1 is 1.08 bits per heavy atom. The van der Waals surface area contributed by atoms with Crippen molar-refractivity contribution in [3.05, 3.63) is 63.4 Å². The van der Waals surface area contributed by atoms with Gasteiger partial charge in [0.2, 0.25) is 0 Å². The predicted molar refractivity (Wildman–Crippen MR) is 101 cm³/mol. The molecule has 0 saturated heterocycles. The van der Waals surface area contributed by atoms with E-state index in [1.165, 1.54) is 19.1 Å². The molecule has 138 valence electrons. The summed E-state index contributed by atoms with van der Waals surface area (Å²) in [6, 6.07) is 8.64. The van der Waals surface area contributed by atoms with Crippen molar-refractivity contribution < 1.29 is 19.3 Å². The van der Waals surface area contributed by atoms with E-state index in [-0.39, 0.29) is 22.8 Å². The minimum atomic E-state index is -0.547. The number of nitrogens with one attached hydrogen (secondary N) is 1. The Morgan fingerprint density at radius 2 is 1.69 bits per heavy atom. The van der Waals surface area contributed by atoms with Crippen LogP contribution in [0.25, 0.3) is 0 Å². The van der Waals surface area contributed by atoms with Crippen LogP contribution in [-0.2, 0) is 4.79 Å². The molecule has 0 saturated carbocycles. The Kier molecular flexibility index (Phi) is 6.75. The number of hydrogen-bond acceptors (Lipinski definition) is 2. The van der Waals surface area contributed by atoms with Gasteiger partial charge in [0.1, 0.15) is 11.9 Å². The highest BCUT2D eigenvalue weighted by molar-refractivity contribution is 6.35. The number of Topliss-reactive ketones (excluding diaryl/α,β-unsaturated/α-hetero) is 1. The van der Waals surface area contributed by atoms with E-state index >= 15 is 0 Å². The molecule has 0 aromatic heterocycles. The van der Waals surface area contributed by atoms with Crippen molar-refractivity contribution in [1.82, 2.24) is 0 Å². The average Bonchev–Trinajstić information content (AvgIpc) is 2.58. The standard InChI is InChI=1S/C19H19Cl2FN2O2/c1-10(15-8-18(22)17(21)9-16(15)20)23-11(2)19(26)24-14-6-4-13(5-7-14)12(3)25/h4-11,23H,1-3H3,(H,24,26)/p+1/t10-,11+/m0/s1. The van der Waals surface area contributed by atoms with Crippen molar-refractivity contribution in [2.24, 2.45) is 0 Å². The molecular weight excluding hydrogens is 378 g/mol. The number of hydrogen-bond donors (Lipinski definition) is 2. The van der Waals surface area contributed by atoms with Crippen LogP contribution < -0.4 is 10.6 Å². The van der Waals surface area contributed by atoms with Gasteiger partial charge in [0, 0.05) is 16.8 Å². The fraction of sp³-hybridized carbons (Fsp3) is 0.263. The lowest BCUT2D eigenvalue weighted by molar-refractivity contribution is -0.709. The first-order chi connectivity index (χ1) is 12.2. The topological polar surface area (TPSA) is 62.8 Å². The van der Waals surface area contributed by atoms with Crippen LogP contribution in [0.15, 0.2) is 36.4 Å². The summed E-state index contributed by atoms with van der Waals surface area (Å²) in [7, 11) is 0. The van der Waals surface area contributed by atoms with E-state index < -0.39 is 11.9 Å². The summed E-state index contributed by atoms with van der Waals surface area (Å²) < 4.78 is 13.7. The lowest BCUT2D eigenvalue weighted by atomic mass is 10.1. The monoisotopic (exact) mass is 397 g/mol. The molecule has 2 aromatic carbocycles. The molecule has 0 spiro atoms. The van der Waals surface area contributed by atoms with Crippen LogP contribution in [-0.4, -0.2) is 17.7 Å². The van der Waals surface area contributed by atoms with Gasteiger partial charge in [0.25, 0.3) is 5.91 Å². The summed E-state index contributed by atoms with van der Waals surface area (Å²) in [5.74, 6) is -0.794. The number of carbonyl (C=O) groups is 2. The van der Waals surface area contributed by atoms with Crippen molar-refractivity contribution in [2.75, 3.05) is 5.32 Å². The third-order valence-electron chi connectivity index (χ3n) is 4.08. The molecule has 1 amide bonds. The summed E-state index contributed by atoms with van der Waals surface area (Å²) in [5.41, 5.74) is 1.75. The molecule has 0 aliphatic carbocycles. The van der Waals surface area contributed by atoms with Crippen LogP contribution in [0.1, 0.15) is 42.7 Å². The van der Waals surface area contributed by atoms with Crippen LogP contribution in [0.2, 0.25) is 10.0 Å². The van der Waals surface area contributed by atoms with Crippen molar-refractivity contribution in [1.29, 1.82) is 0 Å². The predicted octanol–water partition coefficient (Wildman–Crippen LogP) is 3.99. The number of anilines is 1. The first kappa shape index (κ1) is 20.4. The van der Waals surface area contributed by atoms with Crippen molar-refractivity contribution in [2.45, 2.75) is 32.9 Å². The molecule has 4 nitrogen and oxygen atoms in total. The van der Waals surface area contributed by atoms with Gasteiger partial charge in [-0.15, -0.1) is 0 Å². The van der Waals surface area contributed by atoms with E-state index in [9.17, 15) is 14.0 Å². The molecule has 0 aliphatic heterocycles. The Labute approximate surface area is 161 Å². The van der Waals surface area contributed by atoms with Crippen LogP contribution in [0, 0.1) is 5.82 Å². The number of quaternary nitrogens is 1. The zero-order valence-corrected chi connectivity index (χ0v) is 16.2. The highest BCUT2D eigenvalue weighted by Gasteiger charge is 2.23. The molecule has 0 fully saturated rings. The first-order valence-corrected chi connectivity index (χ1v) is 8.86. The minimum Gasteiger partial charge on any atom is -0.330 e. The van der Waals surface area contributed by atoms with E-state index in [4.69, 9.17) is 23.2 Å². The van der Waals surface area contributed by atoms with Crippen molar-refractivity contribution in [3.8, 4) is 0 Å². The number of carbonyl (C=O) groups excluding carboxylic acids is 2. The summed E-state index contributed by atoms with van der Waals surface area (Å²) >= 11 is 11.8. The van der Waals surface area contributed by atoms with Gasteiger partial charge in [-0.25, -0.2) is 4.39 Å². The molecule has 2 atom stereocenters. The van der Waals surface area contributed by atoms with E-state index in [0.29, 0.717) is 21.8 Å². The van der Waals surface area contributed by atoms with Gasteiger partial charge in [0.05, 0.1) is 10.0 Å². The second-order valence-electron chi connectivity index (χ2n) is 6.18. The van der Waals surface area contributed by atoms with Gasteiger partial charge in [0.15, 0.2) is 11.8 Å². The molecule has 0 heterocycles. The summed E-state index contributed by atoms with van der Waals surface area (Å²) in [4.78, 5) is 23.6. The van der Waals surface area contributed by atoms with Crippen molar-refractivity contribution >= 4 is 40.6 Å². The molecule has 0 unspecified atom stereocenters. The first-order valence-electron chi connectivity index (χ1n) is 8.10. The maximum absolute atomic E-state index is 13.7. The Morgan fingerprint density at radius 3 is 2.27 bits per heavy atom. The SMILES string of the molecule is CC(=O)c1ccc(NC(=O)[C@@H](C)[NH2+][C@@H](C)c2cc(F)c(Cl)cc2Cl)cc1. The molecule has 0 bridgehead atoms. The number of halogens is 3. The van der Waals surface area contributed by atoms with E-state index in [1.807, 2.05) is 6.92 Å². The molecule has 0 aliphatic rings. The van der Waals surface area contributed by atoms with Crippen molar-refractivity contribution in [3.63, 3.8) is 0 Å². The van der Waals surface area contributed by atoms with Gasteiger partial charge in [-0.3, -0.25) is 9.59 Å². The third-order valence-corrected chi connectivity index (χ3v) is 4.70. The lowest BCUT2D eigenvalue weighted by Gasteiger charge is -2.18. The number of rotatable bonds is 6. The van der Waals surface area contributed by atoms with E-state index in [0.717, 1.165) is 0 Å². The fourth-order valence-electron chi connectivity index (χ4n) is 2.56. The largest absolute Gasteiger partial charge is 0.330 e. The quantitative estimate of drug-likeness (QED) is 0.571. The summed E-state index contributed by atoms with van der Waals surface area (Å²) in [6.07, 6.45) is 0. The molecule has 26 heavy (non-hydrogen) atoms. The number of ketones is 1. The van der Waals surface area contributed by atoms with E-state index in [2.05, 4.69) is 5.32 Å². The van der Waals surface area contributed by atoms with E-state index in [1.54, 1.807) is 36.5 Å². The maximum Gasteiger partial charge on any atom is 0.282 e. The number of benzene rings is 2. The Bertz CT molecular complexity index is 825. The smallest absolute Gasteiger partial charge is 0.282 e. The zero-order chi connectivity index (χ0) is 19.4. The summed E-state index contributed by atoms with van der Waals surface area (Å²) in [5, 5.41) is 4.89. The number of amides is 1. The normalized spacial score (nSPS) is 13.2. The maximum atomic E-state index is 13.7. The average molecular weight is 398 g/mol. The van der Waals surface area contributed by atoms with Crippen LogP contribution in [0.4, 0.5) is 10.1 Å². The van der Waals surface area contributed by atoms with Gasteiger partial charge >= 0.3 is 0 Å². The second kappa shape index (κ2) is 8.62. The molecule has 2 rings (SSSR count). The van der Waals surface area contributed by atoms with Crippen LogP contribution >= 0.6 is 23.2 Å². The Balaban J connectivity index is 2.02. The molecular formula is C19H20Cl2FN2O2+. The number of nitrogens with two attached hydrogens (primary N) is 1. The lowest BCUT2D eigenvalue weighted by Crippen LogP contribution is -2.91. The minimum absolute atomic E-state index is 0.0363. The third kappa shape index (κ3) is 5.04. The fourth-order valence-corrected chi connectivity index (χ4v) is 3.11. The molecule has 2 aromatic rings. The van der Waals surface area contributed by atoms with Crippen LogP contribution in [0.5, 0.6) is 0 Å². The van der Waals surface area contributed by atoms with Gasteiger partial charge in [-0.2, -0.15) is 0 Å². The second-order valence-corrected chi connectivity index (χ2v) is 6.99. The highest BCUT2D eigenvalue weighted by atomic mass is 35.5. The molecule has 7 heteroatoms. The Hall–Kier alpha value is -1.95. The molecule has 3 N–H and O–H groups in total. The highest BCUT2D eigenvalue weighted by Crippen LogP contribution is 2.27. The van der Waals surface area contributed by atoms with Crippen LogP contribution in [0.3, 0.4) is 0 Å². The van der Waals surface area contributed by atoms with Gasteiger partial charge < -0.3 is 10.6 Å². The van der Waals surface area contributed by atoms with Gasteiger partial charge in [-0.1, -0.05) is 23.2 Å². The summed E-state index contributed by atoms with van der Waals surface area (Å²) in [6.45, 7) is 5.06.